The molecule has 2 aromatic rings. The molecule has 0 spiro atoms. The summed E-state index contributed by atoms with van der Waals surface area (Å²) < 4.78 is 18.7. The first kappa shape index (κ1) is 11.1. The summed E-state index contributed by atoms with van der Waals surface area (Å²) >= 11 is 0. The Kier molecular flexibility index (Phi) is 2.78. The number of benzene rings is 1. The van der Waals surface area contributed by atoms with Gasteiger partial charge in [0.2, 0.25) is 0 Å². The number of aromatic nitrogens is 2. The second-order valence-corrected chi connectivity index (χ2v) is 3.32. The maximum atomic E-state index is 13.7. The average molecular weight is 236 g/mol. The minimum Gasteiger partial charge on any atom is -0.496 e. The summed E-state index contributed by atoms with van der Waals surface area (Å²) in [4.78, 5) is 26.6. The van der Waals surface area contributed by atoms with Crippen LogP contribution in [0, 0.1) is 5.82 Å². The van der Waals surface area contributed by atoms with Crippen LogP contribution in [0.1, 0.15) is 0 Å². The van der Waals surface area contributed by atoms with Crippen LogP contribution < -0.4 is 16.0 Å². The van der Waals surface area contributed by atoms with Gasteiger partial charge in [0, 0.05) is 6.07 Å². The fraction of sp³-hybridized carbons (Fsp3) is 0.0909. The van der Waals surface area contributed by atoms with Crippen LogP contribution in [0.4, 0.5) is 4.39 Å². The molecule has 0 atom stereocenters. The highest BCUT2D eigenvalue weighted by Crippen LogP contribution is 2.29. The summed E-state index contributed by atoms with van der Waals surface area (Å²) in [5, 5.41) is 0. The molecule has 0 saturated heterocycles. The number of rotatable bonds is 2. The van der Waals surface area contributed by atoms with Crippen molar-refractivity contribution in [1.29, 1.82) is 0 Å². The number of nitrogens with one attached hydrogen (secondary N) is 2. The lowest BCUT2D eigenvalue weighted by Crippen LogP contribution is -2.21. The molecule has 0 saturated carbocycles. The molecule has 1 aromatic carbocycles. The van der Waals surface area contributed by atoms with E-state index in [4.69, 9.17) is 4.74 Å². The molecule has 0 radical (unpaired) electrons. The standard InChI is InChI=1S/C11H9FN2O3/c1-17-8-4-2-3-6(12)10(8)7-5-9(15)14-11(16)13-7/h2-5H,1H3,(H2,13,14,15,16). The first-order chi connectivity index (χ1) is 8.11. The lowest BCUT2D eigenvalue weighted by molar-refractivity contribution is 0.413. The summed E-state index contributed by atoms with van der Waals surface area (Å²) in [5.74, 6) is -0.336. The van der Waals surface area contributed by atoms with Crippen LogP contribution in [0.25, 0.3) is 11.3 Å². The van der Waals surface area contributed by atoms with Crippen molar-refractivity contribution in [2.24, 2.45) is 0 Å². The Hall–Kier alpha value is -2.37. The van der Waals surface area contributed by atoms with E-state index >= 15 is 0 Å². The molecule has 5 nitrogen and oxygen atoms in total. The number of aromatic amines is 2. The predicted octanol–water partition coefficient (Wildman–Crippen LogP) is 0.878. The van der Waals surface area contributed by atoms with Gasteiger partial charge in [-0.15, -0.1) is 0 Å². The first-order valence-electron chi connectivity index (χ1n) is 4.78. The minimum absolute atomic E-state index is 0.0539. The second-order valence-electron chi connectivity index (χ2n) is 3.32. The lowest BCUT2D eigenvalue weighted by Gasteiger charge is -2.08. The molecule has 88 valence electrons. The second kappa shape index (κ2) is 4.25. The van der Waals surface area contributed by atoms with Crippen LogP contribution in [0.3, 0.4) is 0 Å². The van der Waals surface area contributed by atoms with Crippen molar-refractivity contribution in [2.45, 2.75) is 0 Å². The normalized spacial score (nSPS) is 10.2. The molecular weight excluding hydrogens is 227 g/mol. The van der Waals surface area contributed by atoms with Gasteiger partial charge in [-0.3, -0.25) is 9.78 Å². The Morgan fingerprint density at radius 2 is 2.00 bits per heavy atom. The van der Waals surface area contributed by atoms with E-state index in [1.165, 1.54) is 25.3 Å². The smallest absolute Gasteiger partial charge is 0.326 e. The zero-order valence-corrected chi connectivity index (χ0v) is 8.91. The van der Waals surface area contributed by atoms with Crippen LogP contribution in [-0.2, 0) is 0 Å². The monoisotopic (exact) mass is 236 g/mol. The van der Waals surface area contributed by atoms with Gasteiger partial charge in [-0.1, -0.05) is 6.07 Å². The van der Waals surface area contributed by atoms with E-state index in [2.05, 4.69) is 4.98 Å². The van der Waals surface area contributed by atoms with Crippen molar-refractivity contribution in [3.63, 3.8) is 0 Å². The number of halogens is 1. The molecule has 0 bridgehead atoms. The maximum absolute atomic E-state index is 13.7. The van der Waals surface area contributed by atoms with E-state index in [-0.39, 0.29) is 17.0 Å². The lowest BCUT2D eigenvalue weighted by atomic mass is 10.1. The highest BCUT2D eigenvalue weighted by Gasteiger charge is 2.12. The van der Waals surface area contributed by atoms with Crippen molar-refractivity contribution < 1.29 is 9.13 Å². The van der Waals surface area contributed by atoms with Crippen LogP contribution >= 0.6 is 0 Å². The topological polar surface area (TPSA) is 75.0 Å². The summed E-state index contributed by atoms with van der Waals surface area (Å²) in [6, 6.07) is 5.33. The summed E-state index contributed by atoms with van der Waals surface area (Å²) in [6.07, 6.45) is 0. The Bertz CT molecular complexity index is 632. The number of hydrogen-bond acceptors (Lipinski definition) is 3. The quantitative estimate of drug-likeness (QED) is 0.812. The van der Waals surface area contributed by atoms with Crippen LogP contribution in [-0.4, -0.2) is 17.1 Å². The Morgan fingerprint density at radius 3 is 2.65 bits per heavy atom. The van der Waals surface area contributed by atoms with E-state index in [0.717, 1.165) is 6.07 Å². The van der Waals surface area contributed by atoms with Gasteiger partial charge < -0.3 is 9.72 Å². The molecule has 0 fully saturated rings. The van der Waals surface area contributed by atoms with Gasteiger partial charge in [0.1, 0.15) is 11.6 Å². The molecule has 0 aliphatic rings. The molecular formula is C11H9FN2O3. The van der Waals surface area contributed by atoms with E-state index in [9.17, 15) is 14.0 Å². The van der Waals surface area contributed by atoms with E-state index in [1.54, 1.807) is 0 Å². The molecule has 6 heteroatoms. The molecule has 2 N–H and O–H groups in total. The summed E-state index contributed by atoms with van der Waals surface area (Å²) in [6.45, 7) is 0. The molecule has 0 unspecified atom stereocenters. The third kappa shape index (κ3) is 2.10. The van der Waals surface area contributed by atoms with Crippen molar-refractivity contribution in [3.05, 3.63) is 50.9 Å². The zero-order chi connectivity index (χ0) is 12.4. The predicted molar refractivity (Wildman–Crippen MR) is 59.6 cm³/mol. The van der Waals surface area contributed by atoms with Gasteiger partial charge in [-0.05, 0) is 12.1 Å². The Labute approximate surface area is 94.9 Å². The summed E-state index contributed by atoms with van der Waals surface area (Å²) in [5.41, 5.74) is -1.17. The molecule has 17 heavy (non-hydrogen) atoms. The average Bonchev–Trinajstić information content (AvgIpc) is 2.27. The van der Waals surface area contributed by atoms with Crippen LogP contribution in [0.15, 0.2) is 33.9 Å². The van der Waals surface area contributed by atoms with Gasteiger partial charge in [0.05, 0.1) is 18.4 Å². The maximum Gasteiger partial charge on any atom is 0.326 e. The molecule has 0 amide bonds. The van der Waals surface area contributed by atoms with Crippen molar-refractivity contribution in [1.82, 2.24) is 9.97 Å². The number of hydrogen-bond donors (Lipinski definition) is 2. The number of H-pyrrole nitrogens is 2. The highest BCUT2D eigenvalue weighted by molar-refractivity contribution is 5.67. The van der Waals surface area contributed by atoms with E-state index < -0.39 is 17.1 Å². The van der Waals surface area contributed by atoms with Gasteiger partial charge in [-0.25, -0.2) is 9.18 Å². The van der Waals surface area contributed by atoms with Crippen LogP contribution in [0.2, 0.25) is 0 Å². The fourth-order valence-corrected chi connectivity index (χ4v) is 1.54. The van der Waals surface area contributed by atoms with Gasteiger partial charge in [0.15, 0.2) is 0 Å². The molecule has 1 heterocycles. The Balaban J connectivity index is 2.76. The SMILES string of the molecule is COc1cccc(F)c1-c1cc(=O)[nH]c(=O)[nH]1. The van der Waals surface area contributed by atoms with Gasteiger partial charge >= 0.3 is 5.69 Å². The molecule has 0 aliphatic heterocycles. The molecule has 0 aliphatic carbocycles. The number of ether oxygens (including phenoxy) is 1. The van der Waals surface area contributed by atoms with Gasteiger partial charge in [-0.2, -0.15) is 0 Å². The molecule has 2 rings (SSSR count). The largest absolute Gasteiger partial charge is 0.496 e. The van der Waals surface area contributed by atoms with Crippen LogP contribution in [0.5, 0.6) is 5.75 Å². The molecule has 1 aromatic heterocycles. The first-order valence-corrected chi connectivity index (χ1v) is 4.78. The van der Waals surface area contributed by atoms with Gasteiger partial charge in [0.25, 0.3) is 5.56 Å². The van der Waals surface area contributed by atoms with E-state index in [0.29, 0.717) is 0 Å². The highest BCUT2D eigenvalue weighted by atomic mass is 19.1. The third-order valence-electron chi connectivity index (χ3n) is 2.22. The van der Waals surface area contributed by atoms with Crippen molar-refractivity contribution in [2.75, 3.05) is 7.11 Å². The minimum atomic E-state index is -0.696. The summed E-state index contributed by atoms with van der Waals surface area (Å²) in [7, 11) is 1.38. The third-order valence-corrected chi connectivity index (χ3v) is 2.22. The van der Waals surface area contributed by atoms with Crippen molar-refractivity contribution in [3.8, 4) is 17.0 Å². The fourth-order valence-electron chi connectivity index (χ4n) is 1.54. The number of methoxy groups -OCH3 is 1. The zero-order valence-electron chi connectivity index (χ0n) is 8.91. The van der Waals surface area contributed by atoms with Crippen molar-refractivity contribution >= 4 is 0 Å². The Morgan fingerprint density at radius 1 is 1.24 bits per heavy atom. The van der Waals surface area contributed by atoms with E-state index in [1.807, 2.05) is 4.98 Å².